The van der Waals surface area contributed by atoms with Gasteiger partial charge in [0.25, 0.3) is 5.91 Å². The summed E-state index contributed by atoms with van der Waals surface area (Å²) in [6.45, 7) is 1.13. The van der Waals surface area contributed by atoms with Crippen molar-refractivity contribution in [3.8, 4) is 0 Å². The van der Waals surface area contributed by atoms with Gasteiger partial charge in [-0.1, -0.05) is 0 Å². The van der Waals surface area contributed by atoms with Gasteiger partial charge < -0.3 is 9.80 Å². The lowest BCUT2D eigenvalue weighted by Gasteiger charge is -2.21. The Morgan fingerprint density at radius 1 is 1.14 bits per heavy atom. The van der Waals surface area contributed by atoms with Crippen molar-refractivity contribution in [2.45, 2.75) is 12.8 Å². The Hall–Kier alpha value is -2.05. The predicted octanol–water partition coefficient (Wildman–Crippen LogP) is 1.80. The van der Waals surface area contributed by atoms with Crippen LogP contribution in [0.1, 0.15) is 23.2 Å². The average molecular weight is 300 g/mol. The van der Waals surface area contributed by atoms with Gasteiger partial charge in [-0.2, -0.15) is 0 Å². The van der Waals surface area contributed by atoms with Gasteiger partial charge in [0.15, 0.2) is 17.5 Å². The first-order valence-electron chi connectivity index (χ1n) is 6.58. The summed E-state index contributed by atoms with van der Waals surface area (Å²) in [6, 6.07) is 1.25. The lowest BCUT2D eigenvalue weighted by atomic mass is 10.2. The first kappa shape index (κ1) is 15.3. The number of carbonyl (C=O) groups excluding carboxylic acids is 2. The molecule has 1 saturated heterocycles. The van der Waals surface area contributed by atoms with Gasteiger partial charge in [-0.25, -0.2) is 13.2 Å². The zero-order valence-electron chi connectivity index (χ0n) is 11.5. The van der Waals surface area contributed by atoms with Crippen molar-refractivity contribution in [2.24, 2.45) is 0 Å². The highest BCUT2D eigenvalue weighted by Crippen LogP contribution is 2.15. The highest BCUT2D eigenvalue weighted by atomic mass is 19.2. The number of benzene rings is 1. The van der Waals surface area contributed by atoms with E-state index in [4.69, 9.17) is 0 Å². The number of carbonyl (C=O) groups is 2. The molecule has 0 N–H and O–H groups in total. The van der Waals surface area contributed by atoms with Crippen LogP contribution >= 0.6 is 0 Å². The molecule has 0 aromatic heterocycles. The smallest absolute Gasteiger partial charge is 0.254 e. The van der Waals surface area contributed by atoms with E-state index in [1.165, 1.54) is 7.05 Å². The second-order valence-electron chi connectivity index (χ2n) is 5.00. The van der Waals surface area contributed by atoms with Crippen LogP contribution in [0.3, 0.4) is 0 Å². The van der Waals surface area contributed by atoms with Crippen molar-refractivity contribution in [3.63, 3.8) is 0 Å². The zero-order chi connectivity index (χ0) is 15.6. The number of rotatable bonds is 3. The van der Waals surface area contributed by atoms with Gasteiger partial charge in [0, 0.05) is 25.7 Å². The maximum atomic E-state index is 13.1. The SMILES string of the molecule is CN(CC(=O)N1CCCC1)C(=O)c1cc(F)c(F)c(F)c1. The van der Waals surface area contributed by atoms with Crippen molar-refractivity contribution >= 4 is 11.8 Å². The molecule has 7 heteroatoms. The lowest BCUT2D eigenvalue weighted by Crippen LogP contribution is -2.39. The molecule has 2 rings (SSSR count). The quantitative estimate of drug-likeness (QED) is 0.799. The van der Waals surface area contributed by atoms with E-state index in [0.29, 0.717) is 25.2 Å². The molecule has 0 aliphatic carbocycles. The molecule has 21 heavy (non-hydrogen) atoms. The van der Waals surface area contributed by atoms with Crippen molar-refractivity contribution in [1.82, 2.24) is 9.80 Å². The highest BCUT2D eigenvalue weighted by molar-refractivity contribution is 5.96. The molecule has 0 saturated carbocycles. The minimum absolute atomic E-state index is 0.181. The van der Waals surface area contributed by atoms with Crippen LogP contribution in [0.2, 0.25) is 0 Å². The third kappa shape index (κ3) is 3.34. The summed E-state index contributed by atoms with van der Waals surface area (Å²) in [5, 5.41) is 0. The number of hydrogen-bond donors (Lipinski definition) is 0. The number of hydrogen-bond acceptors (Lipinski definition) is 2. The molecule has 0 bridgehead atoms. The van der Waals surface area contributed by atoms with Crippen LogP contribution in [0.4, 0.5) is 13.2 Å². The average Bonchev–Trinajstić information content (AvgIpc) is 2.97. The standard InChI is InChI=1S/C14H15F3N2O2/c1-18(8-12(20)19-4-2-3-5-19)14(21)9-6-10(15)13(17)11(16)7-9/h6-7H,2-5,8H2,1H3. The molecule has 0 spiro atoms. The fraction of sp³-hybridized carbons (Fsp3) is 0.429. The summed E-state index contributed by atoms with van der Waals surface area (Å²) in [4.78, 5) is 26.6. The molecule has 114 valence electrons. The summed E-state index contributed by atoms with van der Waals surface area (Å²) < 4.78 is 39.1. The van der Waals surface area contributed by atoms with Gasteiger partial charge in [0.1, 0.15) is 0 Å². The minimum Gasteiger partial charge on any atom is -0.341 e. The summed E-state index contributed by atoms with van der Waals surface area (Å²) in [5.74, 6) is -5.44. The Morgan fingerprint density at radius 3 is 2.19 bits per heavy atom. The molecule has 4 nitrogen and oxygen atoms in total. The number of likely N-dealkylation sites (tertiary alicyclic amines) is 1. The van der Waals surface area contributed by atoms with Gasteiger partial charge in [0.05, 0.1) is 6.54 Å². The van der Waals surface area contributed by atoms with Crippen LogP contribution in [0, 0.1) is 17.5 Å². The summed E-state index contributed by atoms with van der Waals surface area (Å²) >= 11 is 0. The van der Waals surface area contributed by atoms with Crippen LogP contribution in [-0.4, -0.2) is 48.3 Å². The molecule has 0 unspecified atom stereocenters. The summed E-state index contributed by atoms with van der Waals surface area (Å²) in [6.07, 6.45) is 1.86. The van der Waals surface area contributed by atoms with Crippen LogP contribution < -0.4 is 0 Å². The topological polar surface area (TPSA) is 40.6 Å². The molecule has 0 radical (unpaired) electrons. The summed E-state index contributed by atoms with van der Waals surface area (Å²) in [5.41, 5.74) is -0.330. The molecule has 1 heterocycles. The lowest BCUT2D eigenvalue weighted by molar-refractivity contribution is -0.130. The van der Waals surface area contributed by atoms with E-state index >= 15 is 0 Å². The Kier molecular flexibility index (Phi) is 4.50. The van der Waals surface area contributed by atoms with Crippen molar-refractivity contribution in [1.29, 1.82) is 0 Å². The second kappa shape index (κ2) is 6.15. The number of amides is 2. The van der Waals surface area contributed by atoms with Crippen LogP contribution in [0.25, 0.3) is 0 Å². The number of likely N-dealkylation sites (N-methyl/N-ethyl adjacent to an activating group) is 1. The second-order valence-corrected chi connectivity index (χ2v) is 5.00. The zero-order valence-corrected chi connectivity index (χ0v) is 11.5. The molecular formula is C14H15F3N2O2. The molecule has 1 aliphatic rings. The van der Waals surface area contributed by atoms with Crippen LogP contribution in [0.5, 0.6) is 0 Å². The third-order valence-electron chi connectivity index (χ3n) is 3.41. The first-order chi connectivity index (χ1) is 9.90. The van der Waals surface area contributed by atoms with Gasteiger partial charge in [-0.05, 0) is 25.0 Å². The van der Waals surface area contributed by atoms with E-state index in [-0.39, 0.29) is 18.0 Å². The first-order valence-corrected chi connectivity index (χ1v) is 6.58. The maximum absolute atomic E-state index is 13.1. The van der Waals surface area contributed by atoms with Crippen LogP contribution in [-0.2, 0) is 4.79 Å². The van der Waals surface area contributed by atoms with Crippen molar-refractivity contribution in [3.05, 3.63) is 35.1 Å². The highest BCUT2D eigenvalue weighted by Gasteiger charge is 2.23. The molecule has 1 aromatic rings. The van der Waals surface area contributed by atoms with Gasteiger partial charge >= 0.3 is 0 Å². The Morgan fingerprint density at radius 2 is 1.67 bits per heavy atom. The third-order valence-corrected chi connectivity index (χ3v) is 3.41. The van der Waals surface area contributed by atoms with E-state index in [2.05, 4.69) is 0 Å². The normalized spacial score (nSPS) is 14.4. The Labute approximate surface area is 120 Å². The summed E-state index contributed by atoms with van der Waals surface area (Å²) in [7, 11) is 1.36. The molecule has 0 atom stereocenters. The molecular weight excluding hydrogens is 285 g/mol. The van der Waals surface area contributed by atoms with Gasteiger partial charge in [0.2, 0.25) is 5.91 Å². The maximum Gasteiger partial charge on any atom is 0.254 e. The minimum atomic E-state index is -1.62. The monoisotopic (exact) mass is 300 g/mol. The predicted molar refractivity (Wildman–Crippen MR) is 69.1 cm³/mol. The Bertz CT molecular complexity index is 548. The fourth-order valence-electron chi connectivity index (χ4n) is 2.24. The molecule has 1 aromatic carbocycles. The van der Waals surface area contributed by atoms with E-state index in [1.807, 2.05) is 0 Å². The number of nitrogens with zero attached hydrogens (tertiary/aromatic N) is 2. The Balaban J connectivity index is 2.06. The van der Waals surface area contributed by atoms with E-state index < -0.39 is 23.4 Å². The molecule has 1 fully saturated rings. The molecule has 2 amide bonds. The molecule has 1 aliphatic heterocycles. The van der Waals surface area contributed by atoms with E-state index in [9.17, 15) is 22.8 Å². The van der Waals surface area contributed by atoms with E-state index in [0.717, 1.165) is 17.7 Å². The van der Waals surface area contributed by atoms with E-state index in [1.54, 1.807) is 4.90 Å². The fourth-order valence-corrected chi connectivity index (χ4v) is 2.24. The van der Waals surface area contributed by atoms with Gasteiger partial charge in [-0.15, -0.1) is 0 Å². The van der Waals surface area contributed by atoms with Crippen molar-refractivity contribution < 1.29 is 22.8 Å². The number of halogens is 3. The largest absolute Gasteiger partial charge is 0.341 e. The van der Waals surface area contributed by atoms with Crippen molar-refractivity contribution in [2.75, 3.05) is 26.7 Å². The van der Waals surface area contributed by atoms with Crippen LogP contribution in [0.15, 0.2) is 12.1 Å². The van der Waals surface area contributed by atoms with Gasteiger partial charge in [-0.3, -0.25) is 9.59 Å².